The lowest BCUT2D eigenvalue weighted by Crippen LogP contribution is -2.50. The Labute approximate surface area is 113 Å². The van der Waals surface area contributed by atoms with E-state index in [2.05, 4.69) is 0 Å². The third kappa shape index (κ3) is 3.45. The van der Waals surface area contributed by atoms with E-state index in [1.807, 2.05) is 36.1 Å². The maximum absolute atomic E-state index is 10.6. The Bertz CT molecular complexity index is 393. The number of hydrogen-bond donors (Lipinski definition) is 2. The number of benzene rings is 1. The van der Waals surface area contributed by atoms with Crippen molar-refractivity contribution in [3.63, 3.8) is 0 Å². The molecular weight excluding hydrogens is 246 g/mol. The Hall–Kier alpha value is -1.14. The van der Waals surface area contributed by atoms with Crippen LogP contribution in [0.1, 0.15) is 12.5 Å². The molecule has 2 rings (SSSR count). The normalized spacial score (nSPS) is 24.4. The summed E-state index contributed by atoms with van der Waals surface area (Å²) in [5, 5.41) is 19.5. The lowest BCUT2D eigenvalue weighted by Gasteiger charge is -2.39. The first-order valence-electron chi connectivity index (χ1n) is 6.61. The van der Waals surface area contributed by atoms with E-state index in [-0.39, 0.29) is 6.61 Å². The fourth-order valence-corrected chi connectivity index (χ4v) is 2.26. The highest BCUT2D eigenvalue weighted by Crippen LogP contribution is 2.28. The topological polar surface area (TPSA) is 62.2 Å². The standard InChI is InChI=1S/C14H21NO4/c1-2-18-13-5-3-12(4-6-13)14(17)11-15(7-9-16)8-10-19-14/h3-6,16-17H,2,7-11H2,1H3. The van der Waals surface area contributed by atoms with Crippen molar-refractivity contribution in [3.8, 4) is 5.75 Å². The van der Waals surface area contributed by atoms with Crippen molar-refractivity contribution in [1.82, 2.24) is 4.90 Å². The van der Waals surface area contributed by atoms with E-state index < -0.39 is 5.79 Å². The maximum atomic E-state index is 10.6. The second kappa shape index (κ2) is 6.34. The van der Waals surface area contributed by atoms with Crippen LogP contribution in [0.4, 0.5) is 0 Å². The summed E-state index contributed by atoms with van der Waals surface area (Å²) < 4.78 is 10.9. The van der Waals surface area contributed by atoms with Gasteiger partial charge >= 0.3 is 0 Å². The predicted molar refractivity (Wildman–Crippen MR) is 71.0 cm³/mol. The number of β-amino-alcohol motifs (C(OH)–C–C–N with tert-alkyl or cyclic N) is 2. The minimum Gasteiger partial charge on any atom is -0.494 e. The van der Waals surface area contributed by atoms with Crippen molar-refractivity contribution in [2.45, 2.75) is 12.7 Å². The second-order valence-electron chi connectivity index (χ2n) is 4.59. The highest BCUT2D eigenvalue weighted by Gasteiger charge is 2.36. The molecule has 0 aliphatic carbocycles. The molecule has 0 bridgehead atoms. The first-order valence-corrected chi connectivity index (χ1v) is 6.61. The maximum Gasteiger partial charge on any atom is 0.205 e. The van der Waals surface area contributed by atoms with E-state index in [0.29, 0.717) is 31.9 Å². The van der Waals surface area contributed by atoms with Crippen LogP contribution in [0.3, 0.4) is 0 Å². The second-order valence-corrected chi connectivity index (χ2v) is 4.59. The van der Waals surface area contributed by atoms with Crippen LogP contribution in [-0.4, -0.2) is 54.6 Å². The van der Waals surface area contributed by atoms with Gasteiger partial charge in [-0.1, -0.05) is 0 Å². The molecule has 2 N–H and O–H groups in total. The zero-order valence-corrected chi connectivity index (χ0v) is 11.2. The fraction of sp³-hybridized carbons (Fsp3) is 0.571. The van der Waals surface area contributed by atoms with Crippen LogP contribution in [0.2, 0.25) is 0 Å². The van der Waals surface area contributed by atoms with E-state index in [0.717, 1.165) is 12.3 Å². The third-order valence-corrected chi connectivity index (χ3v) is 3.22. The Kier molecular flexibility index (Phi) is 4.76. The summed E-state index contributed by atoms with van der Waals surface area (Å²) in [6.45, 7) is 4.70. The fourth-order valence-electron chi connectivity index (χ4n) is 2.26. The van der Waals surface area contributed by atoms with Crippen molar-refractivity contribution in [3.05, 3.63) is 29.8 Å². The Morgan fingerprint density at radius 3 is 2.74 bits per heavy atom. The molecule has 5 nitrogen and oxygen atoms in total. The molecule has 0 aromatic heterocycles. The van der Waals surface area contributed by atoms with Crippen LogP contribution < -0.4 is 4.74 Å². The summed E-state index contributed by atoms with van der Waals surface area (Å²) >= 11 is 0. The molecular formula is C14H21NO4. The molecule has 1 atom stereocenters. The Morgan fingerprint density at radius 2 is 2.11 bits per heavy atom. The summed E-state index contributed by atoms with van der Waals surface area (Å²) in [4.78, 5) is 1.99. The van der Waals surface area contributed by atoms with Crippen LogP contribution in [-0.2, 0) is 10.5 Å². The zero-order valence-electron chi connectivity index (χ0n) is 11.2. The predicted octanol–water partition coefficient (Wildman–Crippen LogP) is 0.555. The van der Waals surface area contributed by atoms with Gasteiger partial charge in [0.25, 0.3) is 0 Å². The number of hydrogen-bond acceptors (Lipinski definition) is 5. The summed E-state index contributed by atoms with van der Waals surface area (Å²) in [6.07, 6.45) is 0. The number of aliphatic hydroxyl groups excluding tert-OH is 1. The van der Waals surface area contributed by atoms with E-state index in [1.54, 1.807) is 0 Å². The van der Waals surface area contributed by atoms with Crippen LogP contribution in [0, 0.1) is 0 Å². The van der Waals surface area contributed by atoms with E-state index >= 15 is 0 Å². The molecule has 1 fully saturated rings. The molecule has 0 spiro atoms. The first-order chi connectivity index (χ1) is 9.18. The molecule has 0 saturated carbocycles. The van der Waals surface area contributed by atoms with Crippen LogP contribution in [0.25, 0.3) is 0 Å². The van der Waals surface area contributed by atoms with Gasteiger partial charge in [0.15, 0.2) is 0 Å². The minimum atomic E-state index is -1.31. The summed E-state index contributed by atoms with van der Waals surface area (Å²) in [5.74, 6) is -0.532. The number of nitrogens with zero attached hydrogens (tertiary/aromatic N) is 1. The lowest BCUT2D eigenvalue weighted by molar-refractivity contribution is -0.248. The van der Waals surface area contributed by atoms with Gasteiger partial charge in [-0.15, -0.1) is 0 Å². The van der Waals surface area contributed by atoms with Crippen molar-refractivity contribution in [1.29, 1.82) is 0 Å². The highest BCUT2D eigenvalue weighted by atomic mass is 16.6. The van der Waals surface area contributed by atoms with Crippen molar-refractivity contribution in [2.75, 3.05) is 39.5 Å². The van der Waals surface area contributed by atoms with Crippen molar-refractivity contribution < 1.29 is 19.7 Å². The molecule has 106 valence electrons. The van der Waals surface area contributed by atoms with Gasteiger partial charge in [0, 0.05) is 18.7 Å². The Balaban J connectivity index is 2.09. The van der Waals surface area contributed by atoms with Gasteiger partial charge in [0.05, 0.1) is 26.4 Å². The van der Waals surface area contributed by atoms with Gasteiger partial charge in [0.2, 0.25) is 5.79 Å². The van der Waals surface area contributed by atoms with Crippen LogP contribution in [0.5, 0.6) is 5.75 Å². The summed E-state index contributed by atoms with van der Waals surface area (Å²) in [7, 11) is 0. The third-order valence-electron chi connectivity index (χ3n) is 3.22. The molecule has 1 aliphatic rings. The average Bonchev–Trinajstić information content (AvgIpc) is 2.40. The molecule has 5 heteroatoms. The molecule has 0 radical (unpaired) electrons. The molecule has 19 heavy (non-hydrogen) atoms. The van der Waals surface area contributed by atoms with Crippen LogP contribution in [0.15, 0.2) is 24.3 Å². The SMILES string of the molecule is CCOc1ccc(C2(O)CN(CCO)CCO2)cc1. The number of aliphatic hydroxyl groups is 2. The molecule has 1 unspecified atom stereocenters. The van der Waals surface area contributed by atoms with Gasteiger partial charge in [-0.25, -0.2) is 0 Å². The highest BCUT2D eigenvalue weighted by molar-refractivity contribution is 5.30. The first kappa shape index (κ1) is 14.3. The molecule has 0 amide bonds. The number of rotatable bonds is 5. The molecule has 1 aromatic rings. The van der Waals surface area contributed by atoms with Gasteiger partial charge in [0.1, 0.15) is 5.75 Å². The zero-order chi connectivity index (χ0) is 13.7. The van der Waals surface area contributed by atoms with Crippen LogP contribution >= 0.6 is 0 Å². The quantitative estimate of drug-likeness (QED) is 0.816. The van der Waals surface area contributed by atoms with Gasteiger partial charge in [-0.3, -0.25) is 4.90 Å². The van der Waals surface area contributed by atoms with Gasteiger partial charge < -0.3 is 19.7 Å². The molecule has 1 heterocycles. The Morgan fingerprint density at radius 1 is 1.37 bits per heavy atom. The van der Waals surface area contributed by atoms with E-state index in [1.165, 1.54) is 0 Å². The largest absolute Gasteiger partial charge is 0.494 e. The summed E-state index contributed by atoms with van der Waals surface area (Å²) in [6, 6.07) is 7.27. The van der Waals surface area contributed by atoms with Gasteiger partial charge in [-0.2, -0.15) is 0 Å². The minimum absolute atomic E-state index is 0.0827. The summed E-state index contributed by atoms with van der Waals surface area (Å²) in [5.41, 5.74) is 0.707. The lowest BCUT2D eigenvalue weighted by atomic mass is 10.0. The number of morpholine rings is 1. The van der Waals surface area contributed by atoms with Crippen molar-refractivity contribution in [2.24, 2.45) is 0 Å². The molecule has 1 aromatic carbocycles. The average molecular weight is 267 g/mol. The van der Waals surface area contributed by atoms with Crippen molar-refractivity contribution >= 4 is 0 Å². The molecule has 1 saturated heterocycles. The number of ether oxygens (including phenoxy) is 2. The molecule has 1 aliphatic heterocycles. The van der Waals surface area contributed by atoms with E-state index in [4.69, 9.17) is 14.6 Å². The van der Waals surface area contributed by atoms with E-state index in [9.17, 15) is 5.11 Å². The van der Waals surface area contributed by atoms with Gasteiger partial charge in [-0.05, 0) is 31.2 Å². The monoisotopic (exact) mass is 267 g/mol. The smallest absolute Gasteiger partial charge is 0.205 e.